The minimum Gasteiger partial charge on any atom is -0.211 e. The van der Waals surface area contributed by atoms with E-state index in [9.17, 15) is 8.42 Å². The summed E-state index contributed by atoms with van der Waals surface area (Å²) in [6, 6.07) is 6.66. The number of unbranched alkanes of at least 4 members (excludes halogenated alkanes) is 3. The SMILES string of the molecule is O=S(=O)(NCCCCCCI)c1ccc(Br)cc1. The highest BCUT2D eigenvalue weighted by atomic mass is 127. The highest BCUT2D eigenvalue weighted by molar-refractivity contribution is 14.1. The molecule has 0 radical (unpaired) electrons. The molecule has 0 amide bonds. The van der Waals surface area contributed by atoms with Crippen LogP contribution >= 0.6 is 38.5 Å². The summed E-state index contributed by atoms with van der Waals surface area (Å²) in [5.74, 6) is 0. The van der Waals surface area contributed by atoms with Gasteiger partial charge in [0.25, 0.3) is 0 Å². The molecule has 18 heavy (non-hydrogen) atoms. The summed E-state index contributed by atoms with van der Waals surface area (Å²) in [6.07, 6.45) is 4.35. The van der Waals surface area contributed by atoms with Crippen molar-refractivity contribution in [1.29, 1.82) is 0 Å². The molecular weight excluding hydrogens is 429 g/mol. The molecule has 0 aliphatic rings. The molecule has 0 saturated carbocycles. The van der Waals surface area contributed by atoms with E-state index in [0.717, 1.165) is 17.3 Å². The van der Waals surface area contributed by atoms with Crippen molar-refractivity contribution in [3.05, 3.63) is 28.7 Å². The Morgan fingerprint density at radius 1 is 1.06 bits per heavy atom. The van der Waals surface area contributed by atoms with Crippen LogP contribution in [0.25, 0.3) is 0 Å². The van der Waals surface area contributed by atoms with E-state index < -0.39 is 10.0 Å². The Hall–Kier alpha value is 0.340. The number of hydrogen-bond donors (Lipinski definition) is 1. The first-order valence-corrected chi connectivity index (χ1v) is 9.67. The lowest BCUT2D eigenvalue weighted by molar-refractivity contribution is 0.574. The van der Waals surface area contributed by atoms with Gasteiger partial charge in [0, 0.05) is 11.0 Å². The maximum absolute atomic E-state index is 11.9. The Kier molecular flexibility index (Phi) is 7.74. The summed E-state index contributed by atoms with van der Waals surface area (Å²) in [5, 5.41) is 0. The number of hydrogen-bond acceptors (Lipinski definition) is 2. The molecule has 3 nitrogen and oxygen atoms in total. The van der Waals surface area contributed by atoms with E-state index in [4.69, 9.17) is 0 Å². The number of rotatable bonds is 8. The fourth-order valence-corrected chi connectivity index (χ4v) is 3.35. The first kappa shape index (κ1) is 16.4. The largest absolute Gasteiger partial charge is 0.240 e. The fraction of sp³-hybridized carbons (Fsp3) is 0.500. The molecule has 0 aromatic heterocycles. The van der Waals surface area contributed by atoms with E-state index in [1.807, 2.05) is 0 Å². The second-order valence-corrected chi connectivity index (χ2v) is 7.72. The lowest BCUT2D eigenvalue weighted by Gasteiger charge is -2.06. The molecule has 0 heterocycles. The van der Waals surface area contributed by atoms with E-state index in [1.165, 1.54) is 17.3 Å². The molecule has 1 aromatic carbocycles. The summed E-state index contributed by atoms with van der Waals surface area (Å²) in [5.41, 5.74) is 0. The Bertz CT molecular complexity index is 448. The first-order chi connectivity index (χ1) is 8.56. The van der Waals surface area contributed by atoms with Crippen molar-refractivity contribution in [2.75, 3.05) is 11.0 Å². The Labute approximate surface area is 131 Å². The molecule has 0 spiro atoms. The van der Waals surface area contributed by atoms with Crippen LogP contribution in [0.2, 0.25) is 0 Å². The van der Waals surface area contributed by atoms with Crippen molar-refractivity contribution in [3.8, 4) is 0 Å². The summed E-state index contributed by atoms with van der Waals surface area (Å²) < 4.78 is 28.5. The van der Waals surface area contributed by atoms with Crippen LogP contribution in [0.3, 0.4) is 0 Å². The lowest BCUT2D eigenvalue weighted by Crippen LogP contribution is -2.24. The Balaban J connectivity index is 2.38. The van der Waals surface area contributed by atoms with Crippen molar-refractivity contribution in [3.63, 3.8) is 0 Å². The van der Waals surface area contributed by atoms with Crippen molar-refractivity contribution in [2.45, 2.75) is 30.6 Å². The van der Waals surface area contributed by atoms with Gasteiger partial charge in [-0.2, -0.15) is 0 Å². The van der Waals surface area contributed by atoms with Crippen LogP contribution in [0.15, 0.2) is 33.6 Å². The van der Waals surface area contributed by atoms with Crippen molar-refractivity contribution in [1.82, 2.24) is 4.72 Å². The van der Waals surface area contributed by atoms with E-state index in [2.05, 4.69) is 43.2 Å². The fourth-order valence-electron chi connectivity index (χ4n) is 1.48. The normalized spacial score (nSPS) is 11.7. The van der Waals surface area contributed by atoms with Gasteiger partial charge < -0.3 is 0 Å². The Morgan fingerprint density at radius 3 is 2.28 bits per heavy atom. The molecule has 0 unspecified atom stereocenters. The summed E-state index contributed by atoms with van der Waals surface area (Å²) in [4.78, 5) is 0.318. The van der Waals surface area contributed by atoms with Crippen LogP contribution < -0.4 is 4.72 Å². The number of halogens is 2. The number of sulfonamides is 1. The molecule has 0 atom stereocenters. The topological polar surface area (TPSA) is 46.2 Å². The summed E-state index contributed by atoms with van der Waals surface area (Å²) >= 11 is 5.64. The van der Waals surface area contributed by atoms with Gasteiger partial charge in [-0.25, -0.2) is 13.1 Å². The highest BCUT2D eigenvalue weighted by Crippen LogP contribution is 2.14. The molecule has 1 aromatic rings. The van der Waals surface area contributed by atoms with Crippen molar-refractivity contribution in [2.24, 2.45) is 0 Å². The molecule has 1 N–H and O–H groups in total. The predicted octanol–water partition coefficient (Wildman–Crippen LogP) is 3.72. The van der Waals surface area contributed by atoms with Crippen LogP contribution in [-0.4, -0.2) is 19.4 Å². The van der Waals surface area contributed by atoms with Gasteiger partial charge in [0.2, 0.25) is 10.0 Å². The monoisotopic (exact) mass is 445 g/mol. The first-order valence-electron chi connectivity index (χ1n) is 5.87. The van der Waals surface area contributed by atoms with Gasteiger partial charge in [-0.3, -0.25) is 0 Å². The van der Waals surface area contributed by atoms with E-state index in [-0.39, 0.29) is 0 Å². The maximum Gasteiger partial charge on any atom is 0.240 e. The molecule has 0 saturated heterocycles. The molecule has 102 valence electrons. The third-order valence-electron chi connectivity index (χ3n) is 2.48. The Morgan fingerprint density at radius 2 is 1.67 bits per heavy atom. The molecule has 0 bridgehead atoms. The minimum absolute atomic E-state index is 0.318. The molecule has 1 rings (SSSR count). The average Bonchev–Trinajstić information content (AvgIpc) is 2.34. The number of nitrogens with one attached hydrogen (secondary N) is 1. The minimum atomic E-state index is -3.34. The highest BCUT2D eigenvalue weighted by Gasteiger charge is 2.12. The third kappa shape index (κ3) is 5.99. The lowest BCUT2D eigenvalue weighted by atomic mass is 10.2. The van der Waals surface area contributed by atoms with Gasteiger partial charge in [0.05, 0.1) is 4.90 Å². The van der Waals surface area contributed by atoms with Crippen LogP contribution in [0, 0.1) is 0 Å². The zero-order valence-electron chi connectivity index (χ0n) is 10.0. The molecule has 0 aliphatic heterocycles. The van der Waals surface area contributed by atoms with Gasteiger partial charge in [0.1, 0.15) is 0 Å². The predicted molar refractivity (Wildman–Crippen MR) is 86.7 cm³/mol. The number of alkyl halides is 1. The van der Waals surface area contributed by atoms with Crippen molar-refractivity contribution < 1.29 is 8.42 Å². The van der Waals surface area contributed by atoms with Crippen LogP contribution in [0.5, 0.6) is 0 Å². The van der Waals surface area contributed by atoms with E-state index >= 15 is 0 Å². The standard InChI is InChI=1S/C12H17BrINO2S/c13-11-5-7-12(8-6-11)18(16,17)15-10-4-2-1-3-9-14/h5-8,15H,1-4,9-10H2. The van der Waals surface area contributed by atoms with Gasteiger partial charge in [0.15, 0.2) is 0 Å². The summed E-state index contributed by atoms with van der Waals surface area (Å²) in [6.45, 7) is 0.514. The van der Waals surface area contributed by atoms with E-state index in [1.54, 1.807) is 24.3 Å². The maximum atomic E-state index is 11.9. The summed E-state index contributed by atoms with van der Waals surface area (Å²) in [7, 11) is -3.34. The zero-order chi connectivity index (χ0) is 13.4. The second-order valence-electron chi connectivity index (χ2n) is 3.95. The molecule has 6 heteroatoms. The van der Waals surface area contributed by atoms with Crippen LogP contribution in [0.1, 0.15) is 25.7 Å². The van der Waals surface area contributed by atoms with Crippen LogP contribution in [0.4, 0.5) is 0 Å². The molecule has 0 fully saturated rings. The van der Waals surface area contributed by atoms with Gasteiger partial charge in [-0.1, -0.05) is 51.4 Å². The van der Waals surface area contributed by atoms with Gasteiger partial charge >= 0.3 is 0 Å². The van der Waals surface area contributed by atoms with Crippen LogP contribution in [-0.2, 0) is 10.0 Å². The zero-order valence-corrected chi connectivity index (χ0v) is 14.6. The molecule has 0 aliphatic carbocycles. The third-order valence-corrected chi connectivity index (χ3v) is 5.24. The average molecular weight is 446 g/mol. The van der Waals surface area contributed by atoms with Gasteiger partial charge in [-0.15, -0.1) is 0 Å². The molecular formula is C12H17BrINO2S. The van der Waals surface area contributed by atoms with E-state index in [0.29, 0.717) is 11.4 Å². The quantitative estimate of drug-likeness (QED) is 0.376. The smallest absolute Gasteiger partial charge is 0.211 e. The second kappa shape index (κ2) is 8.50. The number of benzene rings is 1. The van der Waals surface area contributed by atoms with Crippen molar-refractivity contribution >= 4 is 48.5 Å². The van der Waals surface area contributed by atoms with Gasteiger partial charge in [-0.05, 0) is 41.5 Å².